The highest BCUT2D eigenvalue weighted by Gasteiger charge is 2.31. The fraction of sp³-hybridized carbons (Fsp3) is 0.485. The molecule has 1 aromatic heterocycles. The minimum absolute atomic E-state index is 0.00902. The highest BCUT2D eigenvalue weighted by molar-refractivity contribution is 7.20. The molecule has 246 valence electrons. The van der Waals surface area contributed by atoms with Crippen LogP contribution in [-0.2, 0) is 11.2 Å². The van der Waals surface area contributed by atoms with Crippen molar-refractivity contribution < 1.29 is 32.1 Å². The summed E-state index contributed by atoms with van der Waals surface area (Å²) in [6.45, 7) is 5.79. The minimum Gasteiger partial charge on any atom is -0.477 e. The Morgan fingerprint density at radius 2 is 1.91 bits per heavy atom. The Morgan fingerprint density at radius 1 is 1.15 bits per heavy atom. The molecule has 0 amide bonds. The molecule has 2 fully saturated rings. The second-order valence-corrected chi connectivity index (χ2v) is 12.5. The topological polar surface area (TPSA) is 93.0 Å². The van der Waals surface area contributed by atoms with Gasteiger partial charge in [0.1, 0.15) is 17.6 Å². The molecule has 3 aromatic rings. The average molecular weight is 660 g/mol. The van der Waals surface area contributed by atoms with Gasteiger partial charge in [-0.1, -0.05) is 24.0 Å². The van der Waals surface area contributed by atoms with Gasteiger partial charge in [0.25, 0.3) is 0 Å². The van der Waals surface area contributed by atoms with E-state index in [2.05, 4.69) is 27.4 Å². The number of hydrogen-bond acceptors (Lipinski definition) is 9. The number of benzene rings is 2. The standard InChI is InChI=1S/C33H37F4N5O3S/c1-22(43)21-41-11-7-23(8-12-41)40-27-5-2-4-24-25(20-33(35,36)37)31(46-32(24)27)6-3-10-39-28-18-26(34)29(19-30(28)45-15-9-38)42-13-16-44-17-14-42/h2,4-5,18-19,22-23,39-40,43H,7-8,10-17,20-21H2,1H3. The van der Waals surface area contributed by atoms with Crippen molar-refractivity contribution in [2.45, 2.75) is 44.5 Å². The minimum atomic E-state index is -4.42. The Morgan fingerprint density at radius 3 is 2.61 bits per heavy atom. The first kappa shape index (κ1) is 33.6. The van der Waals surface area contributed by atoms with Gasteiger partial charge in [-0.15, -0.1) is 11.3 Å². The normalized spacial score (nSPS) is 16.8. The summed E-state index contributed by atoms with van der Waals surface area (Å²) < 4.78 is 67.9. The number of likely N-dealkylation sites (tertiary alicyclic amines) is 1. The maximum absolute atomic E-state index is 15.1. The van der Waals surface area contributed by atoms with E-state index in [-0.39, 0.29) is 36.2 Å². The number of fused-ring (bicyclic) bond motifs is 1. The third-order valence-electron chi connectivity index (χ3n) is 7.93. The van der Waals surface area contributed by atoms with E-state index in [4.69, 9.17) is 14.7 Å². The number of rotatable bonds is 10. The summed E-state index contributed by atoms with van der Waals surface area (Å²) in [4.78, 5) is 4.38. The summed E-state index contributed by atoms with van der Waals surface area (Å²) in [7, 11) is 0. The fourth-order valence-corrected chi connectivity index (χ4v) is 7.01. The van der Waals surface area contributed by atoms with E-state index in [1.54, 1.807) is 19.1 Å². The van der Waals surface area contributed by atoms with Crippen LogP contribution in [0.5, 0.6) is 5.75 Å². The number of morpholine rings is 1. The number of halogens is 4. The fourth-order valence-electron chi connectivity index (χ4n) is 5.84. The Balaban J connectivity index is 1.35. The molecule has 46 heavy (non-hydrogen) atoms. The Labute approximate surface area is 269 Å². The molecule has 1 atom stereocenters. The second-order valence-electron chi connectivity index (χ2n) is 11.5. The van der Waals surface area contributed by atoms with Crippen molar-refractivity contribution in [3.05, 3.63) is 46.6 Å². The first-order valence-electron chi connectivity index (χ1n) is 15.3. The summed E-state index contributed by atoms with van der Waals surface area (Å²) in [6, 6.07) is 10.2. The van der Waals surface area contributed by atoms with Gasteiger partial charge in [0.15, 0.2) is 6.61 Å². The molecule has 0 saturated carbocycles. The molecule has 8 nitrogen and oxygen atoms in total. The molecular weight excluding hydrogens is 622 g/mol. The molecule has 2 saturated heterocycles. The van der Waals surface area contributed by atoms with Gasteiger partial charge in [-0.3, -0.25) is 0 Å². The summed E-state index contributed by atoms with van der Waals surface area (Å²) in [6.07, 6.45) is -4.21. The Hall–Kier alpha value is -3.75. The van der Waals surface area contributed by atoms with E-state index in [1.807, 2.05) is 17.0 Å². The van der Waals surface area contributed by atoms with Crippen molar-refractivity contribution in [2.24, 2.45) is 0 Å². The maximum atomic E-state index is 15.1. The molecule has 2 aliphatic rings. The first-order valence-corrected chi connectivity index (χ1v) is 16.1. The van der Waals surface area contributed by atoms with Crippen LogP contribution in [0.1, 0.15) is 30.2 Å². The van der Waals surface area contributed by atoms with Gasteiger partial charge < -0.3 is 35.0 Å². The Kier molecular flexibility index (Phi) is 11.1. The smallest absolute Gasteiger partial charge is 0.393 e. The summed E-state index contributed by atoms with van der Waals surface area (Å²) in [5.41, 5.74) is 1.54. The number of hydrogen-bond donors (Lipinski definition) is 3. The second kappa shape index (κ2) is 15.2. The zero-order chi connectivity index (χ0) is 32.7. The monoisotopic (exact) mass is 659 g/mol. The average Bonchev–Trinajstić information content (AvgIpc) is 3.36. The molecule has 2 aliphatic heterocycles. The van der Waals surface area contributed by atoms with Gasteiger partial charge >= 0.3 is 6.18 Å². The van der Waals surface area contributed by atoms with Gasteiger partial charge in [-0.25, -0.2) is 4.39 Å². The number of thiophene rings is 1. The van der Waals surface area contributed by atoms with Crippen LogP contribution in [0, 0.1) is 29.0 Å². The van der Waals surface area contributed by atoms with Crippen LogP contribution in [-0.4, -0.2) is 87.4 Å². The van der Waals surface area contributed by atoms with Crippen molar-refractivity contribution in [2.75, 3.05) is 74.6 Å². The van der Waals surface area contributed by atoms with Crippen LogP contribution in [0.2, 0.25) is 0 Å². The predicted octanol–water partition coefficient (Wildman–Crippen LogP) is 5.60. The molecule has 3 heterocycles. The number of anilines is 3. The van der Waals surface area contributed by atoms with Crippen LogP contribution < -0.4 is 20.3 Å². The largest absolute Gasteiger partial charge is 0.477 e. The number of alkyl halides is 3. The highest BCUT2D eigenvalue weighted by atomic mass is 32.1. The molecule has 1 unspecified atom stereocenters. The van der Waals surface area contributed by atoms with E-state index < -0.39 is 24.5 Å². The number of ether oxygens (including phenoxy) is 2. The molecule has 3 N–H and O–H groups in total. The summed E-state index contributed by atoms with van der Waals surface area (Å²) in [5.74, 6) is 5.63. The Bertz CT molecular complexity index is 1600. The maximum Gasteiger partial charge on any atom is 0.393 e. The van der Waals surface area contributed by atoms with Crippen molar-refractivity contribution >= 4 is 38.5 Å². The zero-order valence-electron chi connectivity index (χ0n) is 25.6. The van der Waals surface area contributed by atoms with E-state index in [1.165, 1.54) is 23.5 Å². The number of aliphatic hydroxyl groups is 1. The van der Waals surface area contributed by atoms with Crippen molar-refractivity contribution in [3.63, 3.8) is 0 Å². The summed E-state index contributed by atoms with van der Waals surface area (Å²) >= 11 is 1.23. The van der Waals surface area contributed by atoms with Gasteiger partial charge in [0, 0.05) is 50.9 Å². The first-order chi connectivity index (χ1) is 22.1. The lowest BCUT2D eigenvalue weighted by Gasteiger charge is -2.33. The number of β-amino-alcohol motifs (C(OH)–C–C–N with tert-alkyl or cyclic N) is 1. The predicted molar refractivity (Wildman–Crippen MR) is 172 cm³/mol. The lowest BCUT2D eigenvalue weighted by Crippen LogP contribution is -2.41. The quantitative estimate of drug-likeness (QED) is 0.191. The summed E-state index contributed by atoms with van der Waals surface area (Å²) in [5, 5.41) is 25.8. The van der Waals surface area contributed by atoms with Crippen LogP contribution in [0.15, 0.2) is 30.3 Å². The number of nitriles is 1. The molecule has 0 aliphatic carbocycles. The third kappa shape index (κ3) is 8.74. The lowest BCUT2D eigenvalue weighted by atomic mass is 10.0. The number of nitrogens with one attached hydrogen (secondary N) is 2. The van der Waals surface area contributed by atoms with E-state index in [0.29, 0.717) is 48.8 Å². The van der Waals surface area contributed by atoms with E-state index >= 15 is 4.39 Å². The zero-order valence-corrected chi connectivity index (χ0v) is 26.4. The van der Waals surface area contributed by atoms with Gasteiger partial charge in [-0.05, 0) is 36.8 Å². The van der Waals surface area contributed by atoms with Crippen molar-refractivity contribution in [3.8, 4) is 23.7 Å². The van der Waals surface area contributed by atoms with Crippen LogP contribution in [0.3, 0.4) is 0 Å². The van der Waals surface area contributed by atoms with Crippen LogP contribution in [0.4, 0.5) is 34.6 Å². The molecule has 0 radical (unpaired) electrons. The van der Waals surface area contributed by atoms with Crippen LogP contribution in [0.25, 0.3) is 10.1 Å². The van der Waals surface area contributed by atoms with Crippen molar-refractivity contribution in [1.29, 1.82) is 5.26 Å². The SMILES string of the molecule is CC(O)CN1CCC(Nc2cccc3c(CC(F)(F)F)c(C#CCNc4cc(F)c(N5CCOCC5)cc4OCC#N)sc23)CC1. The lowest BCUT2D eigenvalue weighted by molar-refractivity contribution is -0.126. The van der Waals surface area contributed by atoms with Gasteiger partial charge in [0.2, 0.25) is 0 Å². The van der Waals surface area contributed by atoms with Gasteiger partial charge in [-0.2, -0.15) is 18.4 Å². The van der Waals surface area contributed by atoms with Gasteiger partial charge in [0.05, 0.1) is 58.9 Å². The van der Waals surface area contributed by atoms with E-state index in [0.717, 1.165) is 36.3 Å². The highest BCUT2D eigenvalue weighted by Crippen LogP contribution is 2.40. The molecule has 2 aromatic carbocycles. The third-order valence-corrected chi connectivity index (χ3v) is 9.12. The number of nitrogens with zero attached hydrogens (tertiary/aromatic N) is 3. The molecule has 5 rings (SSSR count). The van der Waals surface area contributed by atoms with E-state index in [9.17, 15) is 18.3 Å². The molecule has 0 bridgehead atoms. The molecule has 0 spiro atoms. The number of piperidine rings is 1. The van der Waals surface area contributed by atoms with Crippen LogP contribution >= 0.6 is 11.3 Å². The molecular formula is C33H37F4N5O3S. The number of aliphatic hydroxyl groups excluding tert-OH is 1. The van der Waals surface area contributed by atoms with Crippen molar-refractivity contribution in [1.82, 2.24) is 4.90 Å². The molecule has 13 heteroatoms.